The quantitative estimate of drug-likeness (QED) is 0.816. The first-order valence-electron chi connectivity index (χ1n) is 7.41. The van der Waals surface area contributed by atoms with Crippen molar-refractivity contribution in [3.63, 3.8) is 0 Å². The Morgan fingerprint density at radius 2 is 1.95 bits per heavy atom. The minimum Gasteiger partial charge on any atom is -0.389 e. The van der Waals surface area contributed by atoms with Crippen LogP contribution in [0.5, 0.6) is 0 Å². The van der Waals surface area contributed by atoms with E-state index in [4.69, 9.17) is 11.6 Å². The lowest BCUT2D eigenvalue weighted by Crippen LogP contribution is -2.41. The fraction of sp³-hybridized carbons (Fsp3) is 0.625. The molecule has 20 heavy (non-hydrogen) atoms. The van der Waals surface area contributed by atoms with Gasteiger partial charge in [-0.1, -0.05) is 43.4 Å². The van der Waals surface area contributed by atoms with Gasteiger partial charge in [-0.3, -0.25) is 0 Å². The molecule has 2 nitrogen and oxygen atoms in total. The molecule has 1 aliphatic carbocycles. The van der Waals surface area contributed by atoms with Crippen LogP contribution in [0.15, 0.2) is 18.2 Å². The Balaban J connectivity index is 1.93. The maximum absolute atomic E-state index is 13.5. The van der Waals surface area contributed by atoms with Crippen LogP contribution in [0, 0.1) is 5.82 Å². The molecule has 1 saturated carbocycles. The normalized spacial score (nSPS) is 20.4. The Labute approximate surface area is 125 Å². The van der Waals surface area contributed by atoms with Gasteiger partial charge in [0.05, 0.1) is 10.6 Å². The molecule has 1 aromatic rings. The molecular weight excluding hydrogens is 277 g/mol. The van der Waals surface area contributed by atoms with Gasteiger partial charge in [0, 0.05) is 12.6 Å². The minimum atomic E-state index is -0.615. The highest BCUT2D eigenvalue weighted by molar-refractivity contribution is 6.30. The highest BCUT2D eigenvalue weighted by atomic mass is 35.5. The average molecular weight is 300 g/mol. The molecule has 0 aromatic heterocycles. The summed E-state index contributed by atoms with van der Waals surface area (Å²) in [6.45, 7) is 2.53. The van der Waals surface area contributed by atoms with Crippen molar-refractivity contribution in [3.8, 4) is 0 Å². The van der Waals surface area contributed by atoms with E-state index in [0.29, 0.717) is 6.54 Å². The lowest BCUT2D eigenvalue weighted by atomic mass is 9.94. The monoisotopic (exact) mass is 299 g/mol. The van der Waals surface area contributed by atoms with Crippen LogP contribution in [0.1, 0.15) is 57.1 Å². The molecule has 0 radical (unpaired) electrons. The van der Waals surface area contributed by atoms with E-state index in [9.17, 15) is 9.50 Å². The van der Waals surface area contributed by atoms with Crippen LogP contribution in [-0.2, 0) is 0 Å². The summed E-state index contributed by atoms with van der Waals surface area (Å²) in [5.41, 5.74) is 0.236. The molecule has 2 rings (SSSR count). The summed E-state index contributed by atoms with van der Waals surface area (Å²) in [7, 11) is 0. The van der Waals surface area contributed by atoms with Crippen LogP contribution < -0.4 is 5.32 Å². The van der Waals surface area contributed by atoms with Gasteiger partial charge >= 0.3 is 0 Å². The van der Waals surface area contributed by atoms with E-state index in [1.54, 1.807) is 6.07 Å². The Hall–Kier alpha value is -0.640. The van der Waals surface area contributed by atoms with Crippen molar-refractivity contribution in [2.45, 2.75) is 57.1 Å². The molecular formula is C16H23ClFNO. The minimum absolute atomic E-state index is 0.00551. The van der Waals surface area contributed by atoms with Crippen LogP contribution in [-0.4, -0.2) is 17.3 Å². The largest absolute Gasteiger partial charge is 0.389 e. The van der Waals surface area contributed by atoms with E-state index in [1.165, 1.54) is 18.9 Å². The van der Waals surface area contributed by atoms with Crippen LogP contribution in [0.2, 0.25) is 5.02 Å². The lowest BCUT2D eigenvalue weighted by Gasteiger charge is -2.29. The highest BCUT2D eigenvalue weighted by Crippen LogP contribution is 2.27. The summed E-state index contributed by atoms with van der Waals surface area (Å²) in [5, 5.41) is 14.1. The fourth-order valence-corrected chi connectivity index (χ4v) is 2.92. The molecule has 0 spiro atoms. The van der Waals surface area contributed by atoms with Crippen LogP contribution in [0.3, 0.4) is 0 Å². The standard InChI is InChI=1S/C16H23ClFNO/c1-12(13-6-7-14(17)15(18)10-13)19-11-16(20)8-4-2-3-5-9-16/h6-7,10,12,19-20H,2-5,8-9,11H2,1H3. The van der Waals surface area contributed by atoms with Gasteiger partial charge in [0.2, 0.25) is 0 Å². The van der Waals surface area contributed by atoms with Crippen molar-refractivity contribution in [1.29, 1.82) is 0 Å². The number of nitrogens with one attached hydrogen (secondary N) is 1. The number of aliphatic hydroxyl groups is 1. The van der Waals surface area contributed by atoms with E-state index < -0.39 is 11.4 Å². The van der Waals surface area contributed by atoms with E-state index in [1.807, 2.05) is 13.0 Å². The maximum Gasteiger partial charge on any atom is 0.142 e. The van der Waals surface area contributed by atoms with Gasteiger partial charge in [0.1, 0.15) is 5.82 Å². The first-order chi connectivity index (χ1) is 9.50. The van der Waals surface area contributed by atoms with Crippen molar-refractivity contribution < 1.29 is 9.50 Å². The highest BCUT2D eigenvalue weighted by Gasteiger charge is 2.28. The van der Waals surface area contributed by atoms with Gasteiger partial charge in [0.25, 0.3) is 0 Å². The molecule has 1 unspecified atom stereocenters. The molecule has 1 atom stereocenters. The number of benzene rings is 1. The van der Waals surface area contributed by atoms with Crippen LogP contribution >= 0.6 is 11.6 Å². The predicted octanol–water partition coefficient (Wildman–Crippen LogP) is 4.22. The second kappa shape index (κ2) is 6.88. The van der Waals surface area contributed by atoms with Gasteiger partial charge < -0.3 is 10.4 Å². The number of halogens is 2. The van der Waals surface area contributed by atoms with Gasteiger partial charge in [0.15, 0.2) is 0 Å². The van der Waals surface area contributed by atoms with Crippen molar-refractivity contribution in [2.24, 2.45) is 0 Å². The molecule has 2 N–H and O–H groups in total. The second-order valence-electron chi connectivity index (χ2n) is 5.91. The zero-order chi connectivity index (χ0) is 14.6. The molecule has 1 aliphatic rings. The second-order valence-corrected chi connectivity index (χ2v) is 6.32. The Morgan fingerprint density at radius 3 is 2.55 bits per heavy atom. The van der Waals surface area contributed by atoms with Crippen molar-refractivity contribution in [3.05, 3.63) is 34.6 Å². The first kappa shape index (κ1) is 15.7. The average Bonchev–Trinajstić information content (AvgIpc) is 2.65. The van der Waals surface area contributed by atoms with E-state index in [2.05, 4.69) is 5.32 Å². The number of hydrogen-bond acceptors (Lipinski definition) is 2. The molecule has 4 heteroatoms. The maximum atomic E-state index is 13.5. The topological polar surface area (TPSA) is 32.3 Å². The molecule has 112 valence electrons. The number of rotatable bonds is 4. The van der Waals surface area contributed by atoms with Crippen molar-refractivity contribution >= 4 is 11.6 Å². The van der Waals surface area contributed by atoms with Crippen LogP contribution in [0.4, 0.5) is 4.39 Å². The summed E-state index contributed by atoms with van der Waals surface area (Å²) >= 11 is 5.69. The summed E-state index contributed by atoms with van der Waals surface area (Å²) in [5.74, 6) is -0.397. The van der Waals surface area contributed by atoms with Crippen LogP contribution in [0.25, 0.3) is 0 Å². The third-order valence-electron chi connectivity index (χ3n) is 4.22. The third-order valence-corrected chi connectivity index (χ3v) is 4.52. The zero-order valence-corrected chi connectivity index (χ0v) is 12.7. The Kier molecular flexibility index (Phi) is 5.42. The summed E-state index contributed by atoms with van der Waals surface area (Å²) in [6, 6.07) is 4.84. The van der Waals surface area contributed by atoms with E-state index >= 15 is 0 Å². The summed E-state index contributed by atoms with van der Waals surface area (Å²) < 4.78 is 13.5. The van der Waals surface area contributed by atoms with E-state index in [-0.39, 0.29) is 11.1 Å². The molecule has 0 saturated heterocycles. The molecule has 1 aromatic carbocycles. The molecule has 1 fully saturated rings. The zero-order valence-electron chi connectivity index (χ0n) is 12.0. The van der Waals surface area contributed by atoms with Crippen molar-refractivity contribution in [1.82, 2.24) is 5.32 Å². The van der Waals surface area contributed by atoms with Gasteiger partial charge in [-0.25, -0.2) is 4.39 Å². The van der Waals surface area contributed by atoms with Gasteiger partial charge in [-0.15, -0.1) is 0 Å². The number of hydrogen-bond donors (Lipinski definition) is 2. The molecule has 0 heterocycles. The predicted molar refractivity (Wildman–Crippen MR) is 80.5 cm³/mol. The fourth-order valence-electron chi connectivity index (χ4n) is 2.81. The molecule has 0 bridgehead atoms. The summed E-state index contributed by atoms with van der Waals surface area (Å²) in [6.07, 6.45) is 6.29. The van der Waals surface area contributed by atoms with Gasteiger partial charge in [-0.2, -0.15) is 0 Å². The molecule has 0 aliphatic heterocycles. The summed E-state index contributed by atoms with van der Waals surface area (Å²) in [4.78, 5) is 0. The first-order valence-corrected chi connectivity index (χ1v) is 7.79. The Bertz CT molecular complexity index is 444. The van der Waals surface area contributed by atoms with Crippen molar-refractivity contribution in [2.75, 3.05) is 6.54 Å². The smallest absolute Gasteiger partial charge is 0.142 e. The molecule has 0 amide bonds. The Morgan fingerprint density at radius 1 is 1.30 bits per heavy atom. The van der Waals surface area contributed by atoms with Gasteiger partial charge in [-0.05, 0) is 37.5 Å². The van der Waals surface area contributed by atoms with E-state index in [0.717, 1.165) is 31.2 Å². The third kappa shape index (κ3) is 4.18. The SMILES string of the molecule is CC(NCC1(O)CCCCCC1)c1ccc(Cl)c(F)c1. The lowest BCUT2D eigenvalue weighted by molar-refractivity contribution is 0.0231.